The highest BCUT2D eigenvalue weighted by molar-refractivity contribution is 6.33. The zero-order valence-electron chi connectivity index (χ0n) is 7.39. The molecule has 0 saturated carbocycles. The Labute approximate surface area is 82.4 Å². The Bertz CT molecular complexity index is 269. The van der Waals surface area contributed by atoms with Gasteiger partial charge in [-0.3, -0.25) is 0 Å². The smallest absolute Gasteiger partial charge is 0.0716 e. The zero-order chi connectivity index (χ0) is 9.14. The van der Waals surface area contributed by atoms with Gasteiger partial charge in [0.2, 0.25) is 0 Å². The lowest BCUT2D eigenvalue weighted by Crippen LogP contribution is -2.13. The van der Waals surface area contributed by atoms with Gasteiger partial charge in [0.25, 0.3) is 0 Å². The molecule has 0 heterocycles. The van der Waals surface area contributed by atoms with Crippen LogP contribution in [0, 0.1) is 0 Å². The lowest BCUT2D eigenvalue weighted by molar-refractivity contribution is 0.861. The molecule has 0 spiro atoms. The molecule has 0 N–H and O–H groups in total. The summed E-state index contributed by atoms with van der Waals surface area (Å²) < 4.78 is 0. The average molecular weight is 196 g/mol. The van der Waals surface area contributed by atoms with Gasteiger partial charge >= 0.3 is 0 Å². The molecule has 12 heavy (non-hydrogen) atoms. The van der Waals surface area contributed by atoms with Gasteiger partial charge in [0, 0.05) is 5.88 Å². The number of hydrogen-bond acceptors (Lipinski definition) is 0. The SMILES string of the molecule is CC(C)c1c([Si])cccc1CCl. The van der Waals surface area contributed by atoms with Crippen LogP contribution in [0.3, 0.4) is 0 Å². The van der Waals surface area contributed by atoms with Crippen LogP contribution < -0.4 is 5.19 Å². The number of halogens is 1. The van der Waals surface area contributed by atoms with Crippen molar-refractivity contribution in [2.24, 2.45) is 0 Å². The van der Waals surface area contributed by atoms with Crippen molar-refractivity contribution in [3.05, 3.63) is 29.3 Å². The second kappa shape index (κ2) is 4.10. The molecule has 0 fully saturated rings. The molecule has 3 radical (unpaired) electrons. The first kappa shape index (κ1) is 9.81. The molecule has 0 bridgehead atoms. The van der Waals surface area contributed by atoms with Crippen LogP contribution in [0.15, 0.2) is 18.2 Å². The van der Waals surface area contributed by atoms with Gasteiger partial charge in [-0.2, -0.15) is 0 Å². The minimum absolute atomic E-state index is 0.521. The molecule has 1 rings (SSSR count). The van der Waals surface area contributed by atoms with Crippen molar-refractivity contribution < 1.29 is 0 Å². The van der Waals surface area contributed by atoms with Crippen molar-refractivity contribution in [1.29, 1.82) is 0 Å². The van der Waals surface area contributed by atoms with E-state index in [1.165, 1.54) is 11.1 Å². The van der Waals surface area contributed by atoms with E-state index in [1.807, 2.05) is 6.07 Å². The van der Waals surface area contributed by atoms with Crippen LogP contribution in [0.1, 0.15) is 30.9 Å². The third-order valence-corrected chi connectivity index (χ3v) is 2.64. The van der Waals surface area contributed by atoms with E-state index in [1.54, 1.807) is 0 Å². The lowest BCUT2D eigenvalue weighted by Gasteiger charge is -2.13. The van der Waals surface area contributed by atoms with Gasteiger partial charge in [-0.15, -0.1) is 11.6 Å². The van der Waals surface area contributed by atoms with Crippen LogP contribution in [0.2, 0.25) is 0 Å². The van der Waals surface area contributed by atoms with Gasteiger partial charge in [-0.05, 0) is 17.0 Å². The van der Waals surface area contributed by atoms with Gasteiger partial charge in [0.05, 0.1) is 10.2 Å². The summed E-state index contributed by atoms with van der Waals surface area (Å²) >= 11 is 5.83. The average Bonchev–Trinajstić information content (AvgIpc) is 2.03. The van der Waals surface area contributed by atoms with Crippen LogP contribution >= 0.6 is 11.6 Å². The van der Waals surface area contributed by atoms with E-state index in [9.17, 15) is 0 Å². The lowest BCUT2D eigenvalue weighted by atomic mass is 9.98. The standard InChI is InChI=1S/C10H12ClSi/c1-7(2)10-8(6-11)4-3-5-9(10)12/h3-5,7H,6H2,1-2H3. The van der Waals surface area contributed by atoms with Crippen LogP contribution in [-0.2, 0) is 5.88 Å². The molecule has 1 aromatic rings. The van der Waals surface area contributed by atoms with E-state index >= 15 is 0 Å². The van der Waals surface area contributed by atoms with E-state index in [4.69, 9.17) is 11.6 Å². The van der Waals surface area contributed by atoms with Crippen molar-refractivity contribution in [3.63, 3.8) is 0 Å². The highest BCUT2D eigenvalue weighted by Gasteiger charge is 2.07. The Balaban J connectivity index is 3.20. The third kappa shape index (κ3) is 1.90. The summed E-state index contributed by atoms with van der Waals surface area (Å²) in [6.45, 7) is 4.35. The fourth-order valence-corrected chi connectivity index (χ4v) is 2.19. The fraction of sp³-hybridized carbons (Fsp3) is 0.400. The molecule has 0 unspecified atom stereocenters. The second-order valence-corrected chi connectivity index (χ2v) is 3.97. The molecular formula is C10H12ClSi. The number of benzene rings is 1. The predicted octanol–water partition coefficient (Wildman–Crippen LogP) is 2.34. The molecule has 0 aliphatic heterocycles. The Morgan fingerprint density at radius 2 is 2.08 bits per heavy atom. The van der Waals surface area contributed by atoms with Gasteiger partial charge in [-0.1, -0.05) is 37.2 Å². The van der Waals surface area contributed by atoms with E-state index in [-0.39, 0.29) is 0 Å². The summed E-state index contributed by atoms with van der Waals surface area (Å²) in [7, 11) is 3.58. The maximum atomic E-state index is 5.83. The van der Waals surface area contributed by atoms with Gasteiger partial charge in [-0.25, -0.2) is 0 Å². The van der Waals surface area contributed by atoms with E-state index in [0.29, 0.717) is 11.8 Å². The van der Waals surface area contributed by atoms with Crippen molar-refractivity contribution in [2.75, 3.05) is 0 Å². The molecule has 0 atom stereocenters. The molecule has 0 nitrogen and oxygen atoms in total. The number of rotatable bonds is 2. The first-order valence-electron chi connectivity index (χ1n) is 4.06. The molecule has 1 aromatic carbocycles. The summed E-state index contributed by atoms with van der Waals surface area (Å²) in [5, 5.41) is 1.16. The Morgan fingerprint density at radius 1 is 1.42 bits per heavy atom. The van der Waals surface area contributed by atoms with Crippen molar-refractivity contribution >= 4 is 27.0 Å². The summed E-state index contributed by atoms with van der Waals surface area (Å²) in [6.07, 6.45) is 0. The van der Waals surface area contributed by atoms with Gasteiger partial charge in [0.1, 0.15) is 0 Å². The molecule has 63 valence electrons. The van der Waals surface area contributed by atoms with Crippen LogP contribution in [0.25, 0.3) is 0 Å². The summed E-state index contributed by atoms with van der Waals surface area (Å²) in [5.74, 6) is 1.11. The predicted molar refractivity (Wildman–Crippen MR) is 55.5 cm³/mol. The fourth-order valence-electron chi connectivity index (χ4n) is 1.41. The van der Waals surface area contributed by atoms with E-state index < -0.39 is 0 Å². The van der Waals surface area contributed by atoms with Crippen LogP contribution in [-0.4, -0.2) is 10.2 Å². The Morgan fingerprint density at radius 3 is 2.50 bits per heavy atom. The van der Waals surface area contributed by atoms with E-state index in [2.05, 4.69) is 36.2 Å². The van der Waals surface area contributed by atoms with Crippen molar-refractivity contribution in [3.8, 4) is 0 Å². The third-order valence-electron chi connectivity index (χ3n) is 1.92. The Kier molecular flexibility index (Phi) is 3.36. The summed E-state index contributed by atoms with van der Waals surface area (Å²) in [5.41, 5.74) is 2.54. The van der Waals surface area contributed by atoms with Crippen molar-refractivity contribution in [1.82, 2.24) is 0 Å². The summed E-state index contributed by atoms with van der Waals surface area (Å²) in [6, 6.07) is 6.15. The molecule has 0 aliphatic rings. The van der Waals surface area contributed by atoms with Crippen LogP contribution in [0.4, 0.5) is 0 Å². The highest BCUT2D eigenvalue weighted by Crippen LogP contribution is 2.18. The molecule has 0 aromatic heterocycles. The summed E-state index contributed by atoms with van der Waals surface area (Å²) in [4.78, 5) is 0. The maximum Gasteiger partial charge on any atom is 0.0716 e. The second-order valence-electron chi connectivity index (χ2n) is 3.17. The number of alkyl halides is 1. The minimum Gasteiger partial charge on any atom is -0.122 e. The van der Waals surface area contributed by atoms with Gasteiger partial charge < -0.3 is 0 Å². The molecule has 0 amide bonds. The molecule has 2 heteroatoms. The molecule has 0 aliphatic carbocycles. The largest absolute Gasteiger partial charge is 0.122 e. The minimum atomic E-state index is 0.521. The monoisotopic (exact) mass is 195 g/mol. The topological polar surface area (TPSA) is 0 Å². The highest BCUT2D eigenvalue weighted by atomic mass is 35.5. The molecule has 0 saturated heterocycles. The van der Waals surface area contributed by atoms with Crippen molar-refractivity contribution in [2.45, 2.75) is 25.6 Å². The zero-order valence-corrected chi connectivity index (χ0v) is 9.15. The first-order valence-corrected chi connectivity index (χ1v) is 5.09. The Hall–Kier alpha value is -0.273. The normalized spacial score (nSPS) is 10.8. The maximum absolute atomic E-state index is 5.83. The van der Waals surface area contributed by atoms with Crippen LogP contribution in [0.5, 0.6) is 0 Å². The first-order chi connectivity index (χ1) is 5.66. The quantitative estimate of drug-likeness (QED) is 0.502. The van der Waals surface area contributed by atoms with E-state index in [0.717, 1.165) is 5.19 Å². The number of hydrogen-bond donors (Lipinski definition) is 0. The van der Waals surface area contributed by atoms with Gasteiger partial charge in [0.15, 0.2) is 0 Å². The molecular weight excluding hydrogens is 184 g/mol.